The maximum absolute atomic E-state index is 10.7. The molecule has 0 saturated heterocycles. The van der Waals surface area contributed by atoms with Gasteiger partial charge in [-0.1, -0.05) is 32.0 Å². The molecule has 0 spiro atoms. The molecular formula is C27H36N2O. The summed E-state index contributed by atoms with van der Waals surface area (Å²) in [6.45, 7) is 7.28. The highest BCUT2D eigenvalue weighted by Crippen LogP contribution is 2.65. The van der Waals surface area contributed by atoms with Crippen molar-refractivity contribution in [1.29, 1.82) is 0 Å². The summed E-state index contributed by atoms with van der Waals surface area (Å²) >= 11 is 0. The van der Waals surface area contributed by atoms with Gasteiger partial charge in [0, 0.05) is 5.69 Å². The molecule has 3 saturated carbocycles. The molecule has 0 bridgehead atoms. The topological polar surface area (TPSA) is 38.0 Å². The maximum Gasteiger partial charge on any atom is 0.0666 e. The van der Waals surface area contributed by atoms with Crippen molar-refractivity contribution in [2.75, 3.05) is 0 Å². The van der Waals surface area contributed by atoms with Crippen LogP contribution in [0.5, 0.6) is 0 Å². The van der Waals surface area contributed by atoms with Gasteiger partial charge in [-0.3, -0.25) is 0 Å². The van der Waals surface area contributed by atoms with Crippen LogP contribution in [0.4, 0.5) is 0 Å². The number of aliphatic hydroxyl groups excluding tert-OH is 1. The van der Waals surface area contributed by atoms with Crippen LogP contribution in [0.3, 0.4) is 0 Å². The lowest BCUT2D eigenvalue weighted by molar-refractivity contribution is -0.111. The third-order valence-electron chi connectivity index (χ3n) is 10.3. The molecule has 3 heteroatoms. The lowest BCUT2D eigenvalue weighted by Gasteiger charge is -2.60. The van der Waals surface area contributed by atoms with Crippen molar-refractivity contribution in [3.8, 4) is 5.69 Å². The van der Waals surface area contributed by atoms with Crippen LogP contribution in [0, 0.1) is 41.4 Å². The Bertz CT molecular complexity index is 965. The fraction of sp³-hybridized carbons (Fsp3) is 0.667. The molecule has 2 aromatic rings. The van der Waals surface area contributed by atoms with Gasteiger partial charge in [0.25, 0.3) is 0 Å². The van der Waals surface area contributed by atoms with Crippen LogP contribution >= 0.6 is 0 Å². The van der Waals surface area contributed by atoms with Gasteiger partial charge in [-0.2, -0.15) is 5.10 Å². The zero-order valence-corrected chi connectivity index (χ0v) is 18.8. The third kappa shape index (κ3) is 2.45. The normalized spacial score (nSPS) is 42.2. The summed E-state index contributed by atoms with van der Waals surface area (Å²) in [4.78, 5) is 0. The second-order valence-electron chi connectivity index (χ2n) is 11.4. The molecule has 30 heavy (non-hydrogen) atoms. The summed E-state index contributed by atoms with van der Waals surface area (Å²) in [5.74, 6) is 3.12. The first kappa shape index (κ1) is 19.1. The first-order valence-electron chi connectivity index (χ1n) is 12.2. The minimum absolute atomic E-state index is 0.0710. The Morgan fingerprint density at radius 1 is 0.967 bits per heavy atom. The Morgan fingerprint density at radius 3 is 2.53 bits per heavy atom. The highest BCUT2D eigenvalue weighted by molar-refractivity contribution is 5.39. The summed E-state index contributed by atoms with van der Waals surface area (Å²) in [6, 6.07) is 10.6. The summed E-state index contributed by atoms with van der Waals surface area (Å²) < 4.78 is 2.19. The number of aromatic nitrogens is 2. The smallest absolute Gasteiger partial charge is 0.0666 e. The van der Waals surface area contributed by atoms with Crippen molar-refractivity contribution < 1.29 is 5.11 Å². The highest BCUT2D eigenvalue weighted by atomic mass is 16.3. The molecule has 0 amide bonds. The maximum atomic E-state index is 10.7. The largest absolute Gasteiger partial charge is 0.393 e. The summed E-state index contributed by atoms with van der Waals surface area (Å²) in [6.07, 6.45) is 9.79. The fourth-order valence-electron chi connectivity index (χ4n) is 8.54. The molecule has 4 aliphatic rings. The van der Waals surface area contributed by atoms with Crippen molar-refractivity contribution in [1.82, 2.24) is 9.78 Å². The Kier molecular flexibility index (Phi) is 4.11. The summed E-state index contributed by atoms with van der Waals surface area (Å²) in [5, 5.41) is 15.8. The van der Waals surface area contributed by atoms with Gasteiger partial charge in [0.2, 0.25) is 0 Å². The van der Waals surface area contributed by atoms with E-state index in [0.29, 0.717) is 5.41 Å². The van der Waals surface area contributed by atoms with Crippen molar-refractivity contribution >= 4 is 0 Å². The van der Waals surface area contributed by atoms with Gasteiger partial charge in [0.15, 0.2) is 0 Å². The lowest BCUT2D eigenvalue weighted by Crippen LogP contribution is -2.54. The Balaban J connectivity index is 1.36. The van der Waals surface area contributed by atoms with Crippen LogP contribution in [-0.4, -0.2) is 21.0 Å². The predicted molar refractivity (Wildman–Crippen MR) is 120 cm³/mol. The number of para-hydroxylation sites is 1. The molecule has 3 fully saturated rings. The molecule has 1 N–H and O–H groups in total. The quantitative estimate of drug-likeness (QED) is 0.681. The van der Waals surface area contributed by atoms with Crippen molar-refractivity contribution in [3.05, 3.63) is 47.3 Å². The molecule has 0 aliphatic heterocycles. The van der Waals surface area contributed by atoms with Gasteiger partial charge in [-0.25, -0.2) is 4.68 Å². The van der Waals surface area contributed by atoms with Crippen LogP contribution < -0.4 is 0 Å². The Labute approximate surface area is 180 Å². The van der Waals surface area contributed by atoms with E-state index in [-0.39, 0.29) is 11.5 Å². The SMILES string of the molecule is Cc1c2c(nn1-c1ccccc1)C[C@@H]1CC[C@@H]3[C@H](CC[C@]4(C)[C@@H](O)CC[C@@H]34)[C@@]1(C)C2. The monoisotopic (exact) mass is 404 g/mol. The van der Waals surface area contributed by atoms with Gasteiger partial charge in [0.1, 0.15) is 0 Å². The van der Waals surface area contributed by atoms with Crippen LogP contribution in [0.2, 0.25) is 0 Å². The second kappa shape index (κ2) is 6.45. The van der Waals surface area contributed by atoms with Crippen molar-refractivity contribution in [3.63, 3.8) is 0 Å². The number of fused-ring (bicyclic) bond motifs is 6. The molecule has 6 rings (SSSR count). The van der Waals surface area contributed by atoms with Crippen molar-refractivity contribution in [2.24, 2.45) is 34.5 Å². The number of nitrogens with zero attached hydrogens (tertiary/aromatic N) is 2. The summed E-state index contributed by atoms with van der Waals surface area (Å²) in [7, 11) is 0. The molecule has 3 nitrogen and oxygen atoms in total. The molecule has 4 aliphatic carbocycles. The van der Waals surface area contributed by atoms with Crippen LogP contribution in [0.1, 0.15) is 69.3 Å². The van der Waals surface area contributed by atoms with E-state index in [1.165, 1.54) is 61.2 Å². The minimum Gasteiger partial charge on any atom is -0.393 e. The van der Waals surface area contributed by atoms with E-state index in [2.05, 4.69) is 55.8 Å². The standard InChI is InChI=1S/C27H36N2O/c1-17-21-16-27(3)18(15-24(21)28-29(17)19-7-5-4-6-8-19)9-10-20-22-11-12-25(30)26(22,2)14-13-23(20)27/h4-8,18,20,22-23,25,30H,9-16H2,1-3H3/t18-,20-,22-,23-,25-,26-,27-/m0/s1. The van der Waals surface area contributed by atoms with Crippen LogP contribution in [0.15, 0.2) is 30.3 Å². The van der Waals surface area contributed by atoms with Crippen molar-refractivity contribution in [2.45, 2.75) is 78.2 Å². The van der Waals surface area contributed by atoms with E-state index in [4.69, 9.17) is 5.10 Å². The van der Waals surface area contributed by atoms with E-state index in [0.717, 1.165) is 36.5 Å². The van der Waals surface area contributed by atoms with E-state index < -0.39 is 0 Å². The van der Waals surface area contributed by atoms with E-state index >= 15 is 0 Å². The van der Waals surface area contributed by atoms with E-state index in [1.807, 2.05) is 0 Å². The molecule has 0 unspecified atom stereocenters. The van der Waals surface area contributed by atoms with Gasteiger partial charge in [-0.05, 0) is 110 Å². The molecular weight excluding hydrogens is 368 g/mol. The molecule has 0 radical (unpaired) electrons. The van der Waals surface area contributed by atoms with Gasteiger partial charge < -0.3 is 5.11 Å². The minimum atomic E-state index is -0.0710. The number of hydrogen-bond acceptors (Lipinski definition) is 2. The predicted octanol–water partition coefficient (Wildman–Crippen LogP) is 5.50. The first-order chi connectivity index (χ1) is 14.4. The van der Waals surface area contributed by atoms with Gasteiger partial charge in [0.05, 0.1) is 17.5 Å². The van der Waals surface area contributed by atoms with Gasteiger partial charge >= 0.3 is 0 Å². The molecule has 1 heterocycles. The molecule has 7 atom stereocenters. The van der Waals surface area contributed by atoms with Crippen LogP contribution in [-0.2, 0) is 12.8 Å². The van der Waals surface area contributed by atoms with Gasteiger partial charge in [-0.15, -0.1) is 0 Å². The fourth-order valence-corrected chi connectivity index (χ4v) is 8.54. The molecule has 1 aromatic heterocycles. The molecule has 1 aromatic carbocycles. The highest BCUT2D eigenvalue weighted by Gasteiger charge is 2.60. The lowest BCUT2D eigenvalue weighted by atomic mass is 9.45. The number of aliphatic hydroxyl groups is 1. The Morgan fingerprint density at radius 2 is 1.73 bits per heavy atom. The van der Waals surface area contributed by atoms with Crippen LogP contribution in [0.25, 0.3) is 5.69 Å². The first-order valence-corrected chi connectivity index (χ1v) is 12.2. The average molecular weight is 405 g/mol. The zero-order chi connectivity index (χ0) is 20.7. The number of rotatable bonds is 1. The van der Waals surface area contributed by atoms with E-state index in [1.54, 1.807) is 0 Å². The zero-order valence-electron chi connectivity index (χ0n) is 18.8. The number of hydrogen-bond donors (Lipinski definition) is 1. The second-order valence-corrected chi connectivity index (χ2v) is 11.4. The third-order valence-corrected chi connectivity index (χ3v) is 10.3. The average Bonchev–Trinajstić information content (AvgIpc) is 3.23. The molecule has 160 valence electrons. The number of benzene rings is 1. The van der Waals surface area contributed by atoms with E-state index in [9.17, 15) is 5.11 Å². The summed E-state index contributed by atoms with van der Waals surface area (Å²) in [5.41, 5.74) is 5.98. The Hall–Kier alpha value is -1.61.